The molecule has 13 heteroatoms. The average molecular weight is 608 g/mol. The quantitative estimate of drug-likeness (QED) is 0.225. The summed E-state index contributed by atoms with van der Waals surface area (Å²) in [5.41, 5.74) is 1.27. The van der Waals surface area contributed by atoms with Crippen molar-refractivity contribution in [3.8, 4) is 22.3 Å². The lowest BCUT2D eigenvalue weighted by Gasteiger charge is -2.28. The predicted octanol–water partition coefficient (Wildman–Crippen LogP) is 5.70. The summed E-state index contributed by atoms with van der Waals surface area (Å²) in [4.78, 5) is 20.8. The van der Waals surface area contributed by atoms with Crippen molar-refractivity contribution in [1.29, 1.82) is 0 Å². The number of carbonyl (C=O) groups is 1. The molecule has 43 heavy (non-hydrogen) atoms. The maximum absolute atomic E-state index is 15.6. The van der Waals surface area contributed by atoms with E-state index in [-0.39, 0.29) is 52.7 Å². The molecule has 10 nitrogen and oxygen atoms in total. The highest BCUT2D eigenvalue weighted by molar-refractivity contribution is 7.13. The van der Waals surface area contributed by atoms with Crippen molar-refractivity contribution in [2.75, 3.05) is 20.3 Å². The van der Waals surface area contributed by atoms with E-state index < -0.39 is 17.6 Å². The molecule has 0 bridgehead atoms. The average Bonchev–Trinajstić information content (AvgIpc) is 3.69. The van der Waals surface area contributed by atoms with Crippen molar-refractivity contribution in [2.45, 2.75) is 32.9 Å². The summed E-state index contributed by atoms with van der Waals surface area (Å²) >= 11 is 1.22. The lowest BCUT2D eigenvalue weighted by molar-refractivity contribution is 0.0697. The van der Waals surface area contributed by atoms with Crippen LogP contribution in [0, 0.1) is 17.0 Å². The van der Waals surface area contributed by atoms with Crippen molar-refractivity contribution in [1.82, 2.24) is 24.7 Å². The first kappa shape index (κ1) is 28.6. The van der Waals surface area contributed by atoms with E-state index in [1.54, 1.807) is 30.3 Å². The van der Waals surface area contributed by atoms with Crippen LogP contribution in [0.15, 0.2) is 48.5 Å². The summed E-state index contributed by atoms with van der Waals surface area (Å²) in [5.74, 6) is -1.65. The van der Waals surface area contributed by atoms with Crippen molar-refractivity contribution in [3.05, 3.63) is 82.1 Å². The summed E-state index contributed by atoms with van der Waals surface area (Å²) in [6, 6.07) is 11.6. The van der Waals surface area contributed by atoms with Gasteiger partial charge in [-0.2, -0.15) is 0 Å². The van der Waals surface area contributed by atoms with Gasteiger partial charge in [0.1, 0.15) is 24.1 Å². The smallest absolute Gasteiger partial charge is 0.335 e. The summed E-state index contributed by atoms with van der Waals surface area (Å²) in [6.45, 7) is 5.07. The number of aromatic carboxylic acids is 1. The first-order valence-electron chi connectivity index (χ1n) is 13.4. The Kier molecular flexibility index (Phi) is 7.52. The molecule has 0 saturated carbocycles. The highest BCUT2D eigenvalue weighted by Crippen LogP contribution is 2.40. The SMILES string of the molecule is COc1nnc(COc2cccc(-c3cc(F)c(Cc4nc5ccc(C(=O)O)cc5n4C4COCC4(C)C)cc3F)n2)s1. The van der Waals surface area contributed by atoms with Crippen LogP contribution in [0.3, 0.4) is 0 Å². The normalized spacial score (nSPS) is 16.1. The van der Waals surface area contributed by atoms with E-state index in [4.69, 9.17) is 19.2 Å². The van der Waals surface area contributed by atoms with Gasteiger partial charge < -0.3 is 23.9 Å². The molecule has 1 atom stereocenters. The number of aromatic nitrogens is 5. The Morgan fingerprint density at radius 1 is 1.14 bits per heavy atom. The van der Waals surface area contributed by atoms with Crippen LogP contribution in [0.5, 0.6) is 11.1 Å². The van der Waals surface area contributed by atoms with E-state index in [0.717, 1.165) is 12.1 Å². The van der Waals surface area contributed by atoms with Crippen LogP contribution in [0.4, 0.5) is 8.78 Å². The third kappa shape index (κ3) is 5.65. The van der Waals surface area contributed by atoms with Gasteiger partial charge in [-0.1, -0.05) is 36.3 Å². The molecule has 222 valence electrons. The van der Waals surface area contributed by atoms with Crippen LogP contribution < -0.4 is 9.47 Å². The van der Waals surface area contributed by atoms with Crippen molar-refractivity contribution in [2.24, 2.45) is 5.41 Å². The van der Waals surface area contributed by atoms with Crippen LogP contribution in [-0.4, -0.2) is 56.1 Å². The Morgan fingerprint density at radius 2 is 1.98 bits per heavy atom. The summed E-state index contributed by atoms with van der Waals surface area (Å²) in [5, 5.41) is 18.4. The fourth-order valence-corrected chi connectivity index (χ4v) is 5.74. The second kappa shape index (κ2) is 11.3. The van der Waals surface area contributed by atoms with E-state index in [0.29, 0.717) is 40.3 Å². The number of carboxylic acids is 1. The minimum atomic E-state index is -1.06. The zero-order valence-electron chi connectivity index (χ0n) is 23.5. The molecule has 5 aromatic rings. The Morgan fingerprint density at radius 3 is 2.70 bits per heavy atom. The molecule has 1 N–H and O–H groups in total. The van der Waals surface area contributed by atoms with E-state index >= 15 is 8.78 Å². The van der Waals surface area contributed by atoms with Gasteiger partial charge in [0.05, 0.1) is 48.7 Å². The standard InChI is InChI=1S/C30H27F2N5O5S/c1-30(2)15-41-13-24(30)37-23-10-16(28(38)39)7-8-22(23)33-25(37)11-17-9-20(32)18(12-19(17)31)21-5-4-6-26(34-21)42-14-27-35-36-29(40-3)43-27/h4-10,12,24H,11,13-15H2,1-3H3,(H,38,39). The van der Waals surface area contributed by atoms with Gasteiger partial charge in [-0.05, 0) is 42.0 Å². The van der Waals surface area contributed by atoms with Crippen LogP contribution >= 0.6 is 11.3 Å². The number of hydrogen-bond donors (Lipinski definition) is 1. The lowest BCUT2D eigenvalue weighted by atomic mass is 9.87. The minimum Gasteiger partial charge on any atom is -0.478 e. The highest BCUT2D eigenvalue weighted by Gasteiger charge is 2.39. The molecule has 3 aromatic heterocycles. The number of imidazole rings is 1. The molecule has 4 heterocycles. The number of fused-ring (bicyclic) bond motifs is 1. The second-order valence-electron chi connectivity index (χ2n) is 10.8. The van der Waals surface area contributed by atoms with Gasteiger partial charge in [-0.15, -0.1) is 5.10 Å². The fourth-order valence-electron chi connectivity index (χ4n) is 5.18. The molecular weight excluding hydrogens is 580 g/mol. The molecule has 2 aromatic carbocycles. The molecule has 1 saturated heterocycles. The third-order valence-electron chi connectivity index (χ3n) is 7.42. The Hall–Kier alpha value is -4.49. The predicted molar refractivity (Wildman–Crippen MR) is 154 cm³/mol. The van der Waals surface area contributed by atoms with E-state index in [1.807, 2.05) is 18.4 Å². The highest BCUT2D eigenvalue weighted by atomic mass is 32.1. The molecule has 1 fully saturated rings. The van der Waals surface area contributed by atoms with Crippen LogP contribution in [0.25, 0.3) is 22.3 Å². The van der Waals surface area contributed by atoms with Gasteiger partial charge in [-0.25, -0.2) is 23.5 Å². The number of pyridine rings is 1. The number of methoxy groups -OCH3 is 1. The van der Waals surface area contributed by atoms with Crippen LogP contribution in [0.2, 0.25) is 0 Å². The number of nitrogens with zero attached hydrogens (tertiary/aromatic N) is 5. The van der Waals surface area contributed by atoms with E-state index in [1.165, 1.54) is 24.5 Å². The van der Waals surface area contributed by atoms with Crippen molar-refractivity contribution in [3.63, 3.8) is 0 Å². The maximum atomic E-state index is 15.6. The third-order valence-corrected chi connectivity index (χ3v) is 8.28. The first-order valence-corrected chi connectivity index (χ1v) is 14.2. The molecule has 1 aliphatic rings. The first-order chi connectivity index (χ1) is 20.6. The van der Waals surface area contributed by atoms with Gasteiger partial charge in [0.25, 0.3) is 5.19 Å². The number of ether oxygens (including phenoxy) is 3. The van der Waals surface area contributed by atoms with Gasteiger partial charge in [-0.3, -0.25) is 0 Å². The molecule has 0 radical (unpaired) electrons. The summed E-state index contributed by atoms with van der Waals surface area (Å²) < 4.78 is 49.5. The van der Waals surface area contributed by atoms with Crippen molar-refractivity contribution < 1.29 is 32.9 Å². The number of carboxylic acid groups (broad SMARTS) is 1. The molecular formula is C30H27F2N5O5S. The Balaban J connectivity index is 1.31. The van der Waals surface area contributed by atoms with Crippen LogP contribution in [-0.2, 0) is 17.8 Å². The lowest BCUT2D eigenvalue weighted by Crippen LogP contribution is -2.27. The molecule has 0 amide bonds. The molecule has 1 unspecified atom stereocenters. The minimum absolute atomic E-state index is 0.0192. The maximum Gasteiger partial charge on any atom is 0.335 e. The zero-order chi connectivity index (χ0) is 30.3. The Labute approximate surface area is 248 Å². The van der Waals surface area contributed by atoms with Crippen molar-refractivity contribution >= 4 is 28.3 Å². The van der Waals surface area contributed by atoms with E-state index in [2.05, 4.69) is 15.2 Å². The fraction of sp³-hybridized carbons (Fsp3) is 0.300. The topological polar surface area (TPSA) is 121 Å². The largest absolute Gasteiger partial charge is 0.478 e. The summed E-state index contributed by atoms with van der Waals surface area (Å²) in [7, 11) is 1.49. The number of hydrogen-bond acceptors (Lipinski definition) is 9. The summed E-state index contributed by atoms with van der Waals surface area (Å²) in [6.07, 6.45) is -0.0193. The monoisotopic (exact) mass is 607 g/mol. The number of halogens is 2. The van der Waals surface area contributed by atoms with Gasteiger partial charge in [0.2, 0.25) is 5.88 Å². The Bertz CT molecular complexity index is 1840. The molecule has 6 rings (SSSR count). The molecule has 0 aliphatic carbocycles. The van der Waals surface area contributed by atoms with E-state index in [9.17, 15) is 9.90 Å². The number of rotatable bonds is 9. The van der Waals surface area contributed by atoms with Crippen LogP contribution in [0.1, 0.15) is 46.6 Å². The van der Waals surface area contributed by atoms with Gasteiger partial charge in [0.15, 0.2) is 5.01 Å². The van der Waals surface area contributed by atoms with Gasteiger partial charge in [0, 0.05) is 23.5 Å². The number of benzene rings is 2. The van der Waals surface area contributed by atoms with Gasteiger partial charge >= 0.3 is 5.97 Å². The second-order valence-corrected chi connectivity index (χ2v) is 11.9. The molecule has 0 spiro atoms. The molecule has 1 aliphatic heterocycles. The zero-order valence-corrected chi connectivity index (χ0v) is 24.3.